The molecule has 0 atom stereocenters. The molecule has 130 valence electrons. The topological polar surface area (TPSA) is 82.2 Å². The zero-order valence-electron chi connectivity index (χ0n) is 14.7. The minimum absolute atomic E-state index is 0.399. The number of allylic oxidation sites excluding steroid dienone is 4. The predicted molar refractivity (Wildman–Crippen MR) is 102 cm³/mol. The Hall–Kier alpha value is -2.14. The first-order chi connectivity index (χ1) is 11.7. The van der Waals surface area contributed by atoms with Gasteiger partial charge in [-0.1, -0.05) is 37.6 Å². The fourth-order valence-electron chi connectivity index (χ4n) is 2.95. The molecule has 0 bridgehead atoms. The monoisotopic (exact) mass is 327 g/mol. The third kappa shape index (κ3) is 4.23. The summed E-state index contributed by atoms with van der Waals surface area (Å²) >= 11 is 0. The number of imidazole rings is 1. The van der Waals surface area contributed by atoms with Gasteiger partial charge in [0.2, 0.25) is 0 Å². The maximum Gasteiger partial charge on any atom is 0.150 e. The van der Waals surface area contributed by atoms with Gasteiger partial charge in [0.1, 0.15) is 11.2 Å². The molecule has 0 amide bonds. The molecule has 24 heavy (non-hydrogen) atoms. The van der Waals surface area contributed by atoms with Crippen molar-refractivity contribution in [2.45, 2.75) is 52.0 Å². The van der Waals surface area contributed by atoms with Crippen LogP contribution >= 0.6 is 0 Å². The maximum atomic E-state index is 6.10. The number of hydrogen-bond donors (Lipinski definition) is 2. The number of aliphatic imine (C=N–C) groups is 1. The highest BCUT2D eigenvalue weighted by molar-refractivity contribution is 5.61. The smallest absolute Gasteiger partial charge is 0.150 e. The van der Waals surface area contributed by atoms with Crippen LogP contribution in [0.4, 0.5) is 0 Å². The van der Waals surface area contributed by atoms with Gasteiger partial charge in [-0.05, 0) is 44.5 Å². The highest BCUT2D eigenvalue weighted by atomic mass is 15.1. The summed E-state index contributed by atoms with van der Waals surface area (Å²) in [4.78, 5) is 8.77. The van der Waals surface area contributed by atoms with E-state index in [9.17, 15) is 0 Å². The summed E-state index contributed by atoms with van der Waals surface area (Å²) in [7, 11) is 0. The van der Waals surface area contributed by atoms with Crippen LogP contribution in [0, 0.1) is 0 Å². The van der Waals surface area contributed by atoms with E-state index in [2.05, 4.69) is 47.5 Å². The molecule has 5 nitrogen and oxygen atoms in total. The number of hydrogen-bond acceptors (Lipinski definition) is 4. The van der Waals surface area contributed by atoms with Crippen LogP contribution in [0.2, 0.25) is 0 Å². The van der Waals surface area contributed by atoms with Crippen molar-refractivity contribution >= 4 is 18.1 Å². The molecule has 1 aliphatic rings. The van der Waals surface area contributed by atoms with Crippen LogP contribution in [0.15, 0.2) is 29.3 Å². The SMILES string of the molecule is C=N/C(N)=c1/nc(CCCC)n(CCCCN)/c1=C1\C=CC=CC1. The van der Waals surface area contributed by atoms with E-state index in [-0.39, 0.29) is 0 Å². The first-order valence-corrected chi connectivity index (χ1v) is 8.81. The molecule has 0 spiro atoms. The lowest BCUT2D eigenvalue weighted by Gasteiger charge is -2.10. The molecular formula is C19H29N5. The molecule has 1 aliphatic carbocycles. The van der Waals surface area contributed by atoms with E-state index in [0.29, 0.717) is 12.4 Å². The fraction of sp³-hybridized carbons (Fsp3) is 0.474. The van der Waals surface area contributed by atoms with Crippen molar-refractivity contribution in [2.24, 2.45) is 16.5 Å². The van der Waals surface area contributed by atoms with Crippen LogP contribution < -0.4 is 22.2 Å². The Kier molecular flexibility index (Phi) is 7.00. The molecule has 4 N–H and O–H groups in total. The molecule has 0 radical (unpaired) electrons. The molecule has 0 saturated heterocycles. The Morgan fingerprint density at radius 2 is 2.17 bits per heavy atom. The van der Waals surface area contributed by atoms with Gasteiger partial charge in [-0.2, -0.15) is 0 Å². The Balaban J connectivity index is 2.66. The third-order valence-electron chi connectivity index (χ3n) is 4.24. The van der Waals surface area contributed by atoms with E-state index in [4.69, 9.17) is 16.5 Å². The summed E-state index contributed by atoms with van der Waals surface area (Å²) in [6, 6.07) is 0. The average molecular weight is 327 g/mol. The molecule has 1 heterocycles. The summed E-state index contributed by atoms with van der Waals surface area (Å²) in [5, 5.41) is 1.85. The number of nitrogens with two attached hydrogens (primary N) is 2. The first-order valence-electron chi connectivity index (χ1n) is 8.81. The van der Waals surface area contributed by atoms with Crippen molar-refractivity contribution in [3.8, 4) is 0 Å². The molecule has 1 aromatic heterocycles. The summed E-state index contributed by atoms with van der Waals surface area (Å²) in [5.74, 6) is 1.48. The van der Waals surface area contributed by atoms with Crippen LogP contribution in [-0.2, 0) is 13.0 Å². The second-order valence-electron chi connectivity index (χ2n) is 6.04. The fourth-order valence-corrected chi connectivity index (χ4v) is 2.95. The van der Waals surface area contributed by atoms with E-state index in [1.165, 1.54) is 5.57 Å². The van der Waals surface area contributed by atoms with Crippen LogP contribution in [0.3, 0.4) is 0 Å². The van der Waals surface area contributed by atoms with E-state index in [1.807, 2.05) is 0 Å². The molecule has 1 aromatic rings. The molecule has 5 heteroatoms. The van der Waals surface area contributed by atoms with Crippen molar-refractivity contribution in [3.05, 3.63) is 40.8 Å². The normalized spacial score (nSPS) is 17.2. The molecule has 0 fully saturated rings. The quantitative estimate of drug-likeness (QED) is 0.558. The third-order valence-corrected chi connectivity index (χ3v) is 4.24. The standard InChI is InChI=1S/C19H29N5/c1-3-4-12-16-23-17(19(21)22-2)18(15-10-6-5-7-11-15)24(16)14-9-8-13-20/h5-7,10H,2-4,8-9,11-14,20-21H2,1H3/b18-15+,19-17+. The lowest BCUT2D eigenvalue weighted by atomic mass is 10.1. The van der Waals surface area contributed by atoms with Crippen molar-refractivity contribution in [3.63, 3.8) is 0 Å². The first kappa shape index (κ1) is 18.2. The predicted octanol–water partition coefficient (Wildman–Crippen LogP) is 1.36. The zero-order chi connectivity index (χ0) is 17.4. The lowest BCUT2D eigenvalue weighted by Crippen LogP contribution is -2.36. The molecule has 0 unspecified atom stereocenters. The van der Waals surface area contributed by atoms with E-state index >= 15 is 0 Å². The molecule has 0 aromatic carbocycles. The molecule has 0 saturated carbocycles. The summed E-state index contributed by atoms with van der Waals surface area (Å²) in [6.45, 7) is 7.39. The lowest BCUT2D eigenvalue weighted by molar-refractivity contribution is 0.570. The van der Waals surface area contributed by atoms with Crippen LogP contribution in [0.1, 0.15) is 44.9 Å². The maximum absolute atomic E-state index is 6.10. The minimum Gasteiger partial charge on any atom is -0.382 e. The molecule has 0 aliphatic heterocycles. The van der Waals surface area contributed by atoms with Gasteiger partial charge in [0.05, 0.1) is 5.35 Å². The highest BCUT2D eigenvalue weighted by Gasteiger charge is 2.12. The second-order valence-corrected chi connectivity index (χ2v) is 6.04. The van der Waals surface area contributed by atoms with Crippen molar-refractivity contribution < 1.29 is 0 Å². The highest BCUT2D eigenvalue weighted by Crippen LogP contribution is 2.10. The molecular weight excluding hydrogens is 298 g/mol. The Morgan fingerprint density at radius 3 is 2.79 bits per heavy atom. The van der Waals surface area contributed by atoms with Gasteiger partial charge in [-0.15, -0.1) is 0 Å². The summed E-state index contributed by atoms with van der Waals surface area (Å²) in [6.07, 6.45) is 14.5. The Bertz CT molecular complexity index is 737. The number of nitrogens with zero attached hydrogens (tertiary/aromatic N) is 3. The van der Waals surface area contributed by atoms with E-state index in [1.54, 1.807) is 0 Å². The van der Waals surface area contributed by atoms with Crippen molar-refractivity contribution in [2.75, 3.05) is 6.54 Å². The number of unbranched alkanes of at least 4 members (excludes halogenated alkanes) is 2. The zero-order valence-corrected chi connectivity index (χ0v) is 14.7. The van der Waals surface area contributed by atoms with Crippen molar-refractivity contribution in [1.29, 1.82) is 0 Å². The van der Waals surface area contributed by atoms with Gasteiger partial charge in [0, 0.05) is 13.0 Å². The van der Waals surface area contributed by atoms with Gasteiger partial charge in [-0.3, -0.25) is 0 Å². The van der Waals surface area contributed by atoms with Gasteiger partial charge in [-0.25, -0.2) is 9.98 Å². The van der Waals surface area contributed by atoms with Crippen LogP contribution in [0.5, 0.6) is 0 Å². The van der Waals surface area contributed by atoms with Gasteiger partial charge < -0.3 is 16.0 Å². The van der Waals surface area contributed by atoms with Crippen LogP contribution in [0.25, 0.3) is 11.4 Å². The van der Waals surface area contributed by atoms with Gasteiger partial charge in [0.25, 0.3) is 0 Å². The van der Waals surface area contributed by atoms with Crippen LogP contribution in [-0.4, -0.2) is 22.8 Å². The number of aryl methyl sites for hydroxylation is 1. The number of rotatable bonds is 8. The van der Waals surface area contributed by atoms with Gasteiger partial charge in [0.15, 0.2) is 5.82 Å². The summed E-state index contributed by atoms with van der Waals surface area (Å²) in [5.41, 5.74) is 13.0. The minimum atomic E-state index is 0.399. The summed E-state index contributed by atoms with van der Waals surface area (Å²) < 4.78 is 2.32. The second kappa shape index (κ2) is 9.23. The largest absolute Gasteiger partial charge is 0.382 e. The average Bonchev–Trinajstić information content (AvgIpc) is 2.98. The molecule has 2 rings (SSSR count). The number of aromatic nitrogens is 2. The van der Waals surface area contributed by atoms with Gasteiger partial charge >= 0.3 is 0 Å². The van der Waals surface area contributed by atoms with Crippen molar-refractivity contribution in [1.82, 2.24) is 9.55 Å². The Labute approximate surface area is 144 Å². The van der Waals surface area contributed by atoms with E-state index < -0.39 is 0 Å². The Morgan fingerprint density at radius 1 is 1.33 bits per heavy atom. The van der Waals surface area contributed by atoms with E-state index in [0.717, 1.165) is 61.6 Å².